The molecule has 8 nitrogen and oxygen atoms in total. The Morgan fingerprint density at radius 2 is 1.65 bits per heavy atom. The zero-order valence-electron chi connectivity index (χ0n) is 31.1. The van der Waals surface area contributed by atoms with E-state index in [0.29, 0.717) is 37.9 Å². The van der Waals surface area contributed by atoms with Crippen molar-refractivity contribution in [1.82, 2.24) is 14.4 Å². The first kappa shape index (κ1) is 38.1. The molecule has 0 spiro atoms. The zero-order valence-corrected chi connectivity index (χ0v) is 31.1. The standard InChI is InChI=1S/C44H44F3N3O5/c1-27-30(13-14-32-23-41(55-3)33(22-38(32)44(45,46)47)25-49-18-6-11-40(49)43(53)54)7-4-8-35(27)36-9-5-10-39(28(36)2)50-20-16-31-21-29(12-15-37(31)42(50)52)24-48-19-17-34(51)26-48/h4-5,7-10,12-16,20-23,34,40,51H,6,11,17-19,24-26H2,1-3H3,(H,53,54)/b14-13+/t34-,40-/m0/s1. The quantitative estimate of drug-likeness (QED) is 0.139. The molecule has 2 fully saturated rings. The molecule has 2 N–H and O–H groups in total. The number of β-amino-alcohol motifs (C(OH)–C–C–N with tert-alkyl or cyclic N) is 1. The molecule has 55 heavy (non-hydrogen) atoms. The minimum atomic E-state index is -4.66. The summed E-state index contributed by atoms with van der Waals surface area (Å²) < 4.78 is 50.7. The van der Waals surface area contributed by atoms with E-state index in [2.05, 4.69) is 4.90 Å². The molecule has 11 heteroatoms. The summed E-state index contributed by atoms with van der Waals surface area (Å²) in [5.74, 6) is -0.728. The fraction of sp³-hybridized carbons (Fsp3) is 0.318. The highest BCUT2D eigenvalue weighted by molar-refractivity contribution is 5.84. The molecule has 7 rings (SSSR count). The minimum Gasteiger partial charge on any atom is -0.496 e. The van der Waals surface area contributed by atoms with Crippen LogP contribution >= 0.6 is 0 Å². The maximum atomic E-state index is 14.5. The predicted molar refractivity (Wildman–Crippen MR) is 208 cm³/mol. The van der Waals surface area contributed by atoms with Crippen LogP contribution < -0.4 is 10.3 Å². The number of methoxy groups -OCH3 is 1. The number of fused-ring (bicyclic) bond motifs is 1. The molecule has 0 saturated carbocycles. The molecule has 2 saturated heterocycles. The monoisotopic (exact) mass is 751 g/mol. The third-order valence-corrected chi connectivity index (χ3v) is 11.1. The highest BCUT2D eigenvalue weighted by atomic mass is 19.4. The number of carboxylic acid groups (broad SMARTS) is 1. The molecule has 4 aromatic carbocycles. The summed E-state index contributed by atoms with van der Waals surface area (Å²) >= 11 is 0. The number of aliphatic carboxylic acids is 1. The highest BCUT2D eigenvalue weighted by Crippen LogP contribution is 2.39. The molecule has 3 heterocycles. The van der Waals surface area contributed by atoms with Gasteiger partial charge in [0.15, 0.2) is 0 Å². The minimum absolute atomic E-state index is 0.0321. The summed E-state index contributed by atoms with van der Waals surface area (Å²) in [6.07, 6.45) is 1.81. The van der Waals surface area contributed by atoms with Crippen LogP contribution in [0.4, 0.5) is 13.2 Å². The topological polar surface area (TPSA) is 95.2 Å². The van der Waals surface area contributed by atoms with Crippen molar-refractivity contribution in [3.8, 4) is 22.6 Å². The number of hydrogen-bond acceptors (Lipinski definition) is 6. The van der Waals surface area contributed by atoms with Crippen molar-refractivity contribution < 1.29 is 32.9 Å². The SMILES string of the molecule is COc1cc(/C=C/c2cccc(-c3cccc(-n4ccc5cc(CN6CC[C@H](O)C6)ccc5c4=O)c3C)c2C)c(C(F)(F)F)cc1CN1CCC[C@H]1C(=O)O. The van der Waals surface area contributed by atoms with Crippen LogP contribution in [0.3, 0.4) is 0 Å². The Morgan fingerprint density at radius 3 is 2.36 bits per heavy atom. The van der Waals surface area contributed by atoms with E-state index in [1.54, 1.807) is 21.7 Å². The van der Waals surface area contributed by atoms with Gasteiger partial charge >= 0.3 is 12.1 Å². The van der Waals surface area contributed by atoms with Crippen LogP contribution in [0.2, 0.25) is 0 Å². The Kier molecular flexibility index (Phi) is 10.7. The third kappa shape index (κ3) is 7.82. The number of aliphatic hydroxyl groups excluding tert-OH is 1. The Morgan fingerprint density at radius 1 is 0.909 bits per heavy atom. The van der Waals surface area contributed by atoms with E-state index in [-0.39, 0.29) is 35.1 Å². The molecule has 0 amide bonds. The van der Waals surface area contributed by atoms with Crippen molar-refractivity contribution in [2.24, 2.45) is 0 Å². The first-order valence-electron chi connectivity index (χ1n) is 18.5. The van der Waals surface area contributed by atoms with Gasteiger partial charge in [0, 0.05) is 43.3 Å². The second-order valence-electron chi connectivity index (χ2n) is 14.6. The second kappa shape index (κ2) is 15.5. The fourth-order valence-corrected chi connectivity index (χ4v) is 8.13. The summed E-state index contributed by atoms with van der Waals surface area (Å²) in [6, 6.07) is 20.9. The number of hydrogen-bond donors (Lipinski definition) is 2. The summed E-state index contributed by atoms with van der Waals surface area (Å²) in [7, 11) is 1.40. The number of nitrogens with zero attached hydrogens (tertiary/aromatic N) is 3. The van der Waals surface area contributed by atoms with E-state index >= 15 is 0 Å². The van der Waals surface area contributed by atoms with E-state index in [1.807, 2.05) is 74.5 Å². The van der Waals surface area contributed by atoms with Gasteiger partial charge in [-0.15, -0.1) is 0 Å². The lowest BCUT2D eigenvalue weighted by Gasteiger charge is -2.23. The van der Waals surface area contributed by atoms with Gasteiger partial charge in [0.05, 0.1) is 24.5 Å². The molecule has 0 aliphatic carbocycles. The molecule has 2 atom stereocenters. The van der Waals surface area contributed by atoms with Gasteiger partial charge in [-0.3, -0.25) is 24.0 Å². The Hall–Kier alpha value is -5.23. The summed E-state index contributed by atoms with van der Waals surface area (Å²) in [6.45, 7) is 6.60. The lowest BCUT2D eigenvalue weighted by molar-refractivity contribution is -0.142. The molecular weight excluding hydrogens is 707 g/mol. The molecule has 5 aromatic rings. The molecule has 286 valence electrons. The van der Waals surface area contributed by atoms with Crippen LogP contribution in [0.5, 0.6) is 5.75 Å². The largest absolute Gasteiger partial charge is 0.496 e. The number of carbonyl (C=O) groups is 1. The lowest BCUT2D eigenvalue weighted by atomic mass is 9.92. The number of pyridine rings is 1. The molecular formula is C44H44F3N3O5. The normalized spacial score (nSPS) is 18.2. The van der Waals surface area contributed by atoms with Gasteiger partial charge in [0.1, 0.15) is 11.8 Å². The average Bonchev–Trinajstić information content (AvgIpc) is 3.80. The smallest absolute Gasteiger partial charge is 0.417 e. The van der Waals surface area contributed by atoms with Crippen molar-refractivity contribution in [3.63, 3.8) is 0 Å². The summed E-state index contributed by atoms with van der Waals surface area (Å²) in [4.78, 5) is 29.5. The Balaban J connectivity index is 1.19. The number of ether oxygens (including phenoxy) is 1. The number of benzene rings is 4. The Bertz CT molecular complexity index is 2350. The van der Waals surface area contributed by atoms with Crippen LogP contribution in [0.15, 0.2) is 83.8 Å². The molecule has 0 radical (unpaired) electrons. The third-order valence-electron chi connectivity index (χ3n) is 11.1. The second-order valence-corrected chi connectivity index (χ2v) is 14.6. The van der Waals surface area contributed by atoms with Gasteiger partial charge in [-0.05, 0) is 120 Å². The van der Waals surface area contributed by atoms with E-state index < -0.39 is 23.8 Å². The number of likely N-dealkylation sites (tertiary alicyclic amines) is 2. The van der Waals surface area contributed by atoms with Crippen molar-refractivity contribution in [1.29, 1.82) is 0 Å². The Labute approximate surface area is 317 Å². The zero-order chi connectivity index (χ0) is 39.0. The average molecular weight is 752 g/mol. The van der Waals surface area contributed by atoms with Crippen LogP contribution in [0.1, 0.15) is 58.2 Å². The predicted octanol–water partition coefficient (Wildman–Crippen LogP) is 8.09. The maximum Gasteiger partial charge on any atom is 0.417 e. The molecule has 1 aromatic heterocycles. The van der Waals surface area contributed by atoms with Crippen molar-refractivity contribution in [2.75, 3.05) is 26.7 Å². The van der Waals surface area contributed by atoms with Crippen molar-refractivity contribution >= 4 is 28.9 Å². The van der Waals surface area contributed by atoms with E-state index in [1.165, 1.54) is 19.3 Å². The van der Waals surface area contributed by atoms with Crippen LogP contribution in [-0.4, -0.2) is 69.4 Å². The van der Waals surface area contributed by atoms with E-state index in [9.17, 15) is 33.0 Å². The summed E-state index contributed by atoms with van der Waals surface area (Å²) in [5, 5.41) is 21.0. The molecule has 0 bridgehead atoms. The van der Waals surface area contributed by atoms with Crippen LogP contribution in [-0.2, 0) is 24.1 Å². The van der Waals surface area contributed by atoms with E-state index in [4.69, 9.17) is 4.74 Å². The van der Waals surface area contributed by atoms with Crippen molar-refractivity contribution in [2.45, 2.75) is 64.5 Å². The van der Waals surface area contributed by atoms with Crippen LogP contribution in [0, 0.1) is 13.8 Å². The number of carboxylic acids is 1. The van der Waals surface area contributed by atoms with Gasteiger partial charge < -0.3 is 14.9 Å². The number of halogens is 3. The first-order valence-corrected chi connectivity index (χ1v) is 18.5. The maximum absolute atomic E-state index is 14.5. The number of aromatic nitrogens is 1. The number of alkyl halides is 3. The van der Waals surface area contributed by atoms with Gasteiger partial charge in [0.25, 0.3) is 5.56 Å². The number of rotatable bonds is 10. The van der Waals surface area contributed by atoms with Gasteiger partial charge in [0.2, 0.25) is 0 Å². The summed E-state index contributed by atoms with van der Waals surface area (Å²) in [5.41, 5.74) is 5.29. The number of aliphatic hydroxyl groups is 1. The lowest BCUT2D eigenvalue weighted by Crippen LogP contribution is -2.35. The van der Waals surface area contributed by atoms with Crippen molar-refractivity contribution in [3.05, 3.63) is 128 Å². The van der Waals surface area contributed by atoms with Gasteiger partial charge in [-0.2, -0.15) is 13.2 Å². The first-order chi connectivity index (χ1) is 26.3. The van der Waals surface area contributed by atoms with Gasteiger partial charge in [-0.1, -0.05) is 48.6 Å². The molecule has 2 aliphatic heterocycles. The molecule has 2 aliphatic rings. The van der Waals surface area contributed by atoms with E-state index in [0.717, 1.165) is 63.5 Å². The fourth-order valence-electron chi connectivity index (χ4n) is 8.13. The molecule has 0 unspecified atom stereocenters. The van der Waals surface area contributed by atoms with Crippen LogP contribution in [0.25, 0.3) is 39.7 Å². The highest BCUT2D eigenvalue weighted by Gasteiger charge is 2.36. The van der Waals surface area contributed by atoms with Gasteiger partial charge in [-0.25, -0.2) is 0 Å².